The Balaban J connectivity index is 1.87. The molecular formula is C13H22N4. The average Bonchev–Trinajstić information content (AvgIpc) is 2.96. The molecule has 0 radical (unpaired) electrons. The van der Waals surface area contributed by atoms with Gasteiger partial charge in [-0.2, -0.15) is 0 Å². The maximum absolute atomic E-state index is 5.99. The fourth-order valence-corrected chi connectivity index (χ4v) is 3.16. The molecule has 1 atom stereocenters. The van der Waals surface area contributed by atoms with Gasteiger partial charge in [-0.1, -0.05) is 12.8 Å². The number of hydrogen-bond donors (Lipinski definition) is 1. The zero-order valence-corrected chi connectivity index (χ0v) is 10.6. The first-order valence-corrected chi connectivity index (χ1v) is 6.80. The van der Waals surface area contributed by atoms with Gasteiger partial charge in [0.15, 0.2) is 0 Å². The predicted molar refractivity (Wildman–Crippen MR) is 69.3 cm³/mol. The van der Waals surface area contributed by atoms with E-state index in [0.29, 0.717) is 12.1 Å². The highest BCUT2D eigenvalue weighted by Gasteiger charge is 2.26. The maximum Gasteiger partial charge on any atom is 0.206 e. The summed E-state index contributed by atoms with van der Waals surface area (Å²) in [6.07, 6.45) is 8.65. The minimum Gasteiger partial charge on any atom is -0.341 e. The van der Waals surface area contributed by atoms with E-state index in [2.05, 4.69) is 22.6 Å². The van der Waals surface area contributed by atoms with Gasteiger partial charge in [0.25, 0.3) is 0 Å². The molecule has 1 aliphatic carbocycles. The summed E-state index contributed by atoms with van der Waals surface area (Å²) >= 11 is 0. The highest BCUT2D eigenvalue weighted by molar-refractivity contribution is 5.36. The Morgan fingerprint density at radius 2 is 2.06 bits per heavy atom. The number of anilines is 1. The summed E-state index contributed by atoms with van der Waals surface area (Å²) in [6, 6.07) is 0.993. The van der Waals surface area contributed by atoms with E-state index in [-0.39, 0.29) is 0 Å². The quantitative estimate of drug-likeness (QED) is 0.849. The van der Waals surface area contributed by atoms with Crippen molar-refractivity contribution in [1.29, 1.82) is 0 Å². The molecule has 94 valence electrons. The van der Waals surface area contributed by atoms with Crippen molar-refractivity contribution in [2.45, 2.75) is 51.1 Å². The Morgan fingerprint density at radius 3 is 2.71 bits per heavy atom. The van der Waals surface area contributed by atoms with Crippen LogP contribution in [0.25, 0.3) is 0 Å². The highest BCUT2D eigenvalue weighted by Crippen LogP contribution is 2.33. The smallest absolute Gasteiger partial charge is 0.206 e. The molecule has 0 bridgehead atoms. The lowest BCUT2D eigenvalue weighted by atomic mass is 10.2. The van der Waals surface area contributed by atoms with Gasteiger partial charge in [0.1, 0.15) is 0 Å². The molecule has 17 heavy (non-hydrogen) atoms. The summed E-state index contributed by atoms with van der Waals surface area (Å²) < 4.78 is 2.40. The van der Waals surface area contributed by atoms with Gasteiger partial charge < -0.3 is 15.2 Å². The van der Waals surface area contributed by atoms with Gasteiger partial charge in [-0.25, -0.2) is 4.98 Å². The lowest BCUT2D eigenvalue weighted by Gasteiger charge is -2.22. The number of aryl methyl sites for hydroxylation is 1. The molecule has 1 saturated carbocycles. The summed E-state index contributed by atoms with van der Waals surface area (Å²) in [5.41, 5.74) is 7.13. The second-order valence-corrected chi connectivity index (χ2v) is 5.52. The fourth-order valence-electron chi connectivity index (χ4n) is 3.16. The van der Waals surface area contributed by atoms with Crippen LogP contribution in [0.4, 0.5) is 5.95 Å². The molecule has 0 aromatic carbocycles. The lowest BCUT2D eigenvalue weighted by molar-refractivity contribution is 0.515. The van der Waals surface area contributed by atoms with Crippen LogP contribution in [0.1, 0.15) is 43.8 Å². The minimum atomic E-state index is 0.323. The van der Waals surface area contributed by atoms with E-state index >= 15 is 0 Å². The summed E-state index contributed by atoms with van der Waals surface area (Å²) in [5.74, 6) is 1.15. The summed E-state index contributed by atoms with van der Waals surface area (Å²) in [5, 5.41) is 0. The fraction of sp³-hybridized carbons (Fsp3) is 0.769. The number of rotatable bonds is 2. The van der Waals surface area contributed by atoms with Gasteiger partial charge >= 0.3 is 0 Å². The molecule has 1 aromatic rings. The number of aromatic nitrogens is 2. The Hall–Kier alpha value is -1.03. The normalized spacial score (nSPS) is 26.0. The van der Waals surface area contributed by atoms with E-state index in [1.165, 1.54) is 25.7 Å². The van der Waals surface area contributed by atoms with E-state index < -0.39 is 0 Å². The molecule has 2 heterocycles. The Kier molecular flexibility index (Phi) is 2.82. The maximum atomic E-state index is 5.99. The van der Waals surface area contributed by atoms with E-state index in [1.54, 1.807) is 0 Å². The van der Waals surface area contributed by atoms with Crippen molar-refractivity contribution >= 4 is 5.95 Å². The first kappa shape index (κ1) is 11.1. The zero-order chi connectivity index (χ0) is 11.8. The summed E-state index contributed by atoms with van der Waals surface area (Å²) in [4.78, 5) is 7.06. The van der Waals surface area contributed by atoms with E-state index in [1.807, 2.05) is 0 Å². The van der Waals surface area contributed by atoms with Crippen molar-refractivity contribution < 1.29 is 0 Å². The Morgan fingerprint density at radius 1 is 1.29 bits per heavy atom. The van der Waals surface area contributed by atoms with Gasteiger partial charge in [-0.3, -0.25) is 0 Å². The molecule has 1 saturated heterocycles. The van der Waals surface area contributed by atoms with Gasteiger partial charge in [-0.15, -0.1) is 0 Å². The second kappa shape index (κ2) is 4.33. The highest BCUT2D eigenvalue weighted by atomic mass is 15.3. The number of nitrogens with two attached hydrogens (primary N) is 1. The van der Waals surface area contributed by atoms with Gasteiger partial charge in [0, 0.05) is 31.4 Å². The van der Waals surface area contributed by atoms with Gasteiger partial charge in [0.2, 0.25) is 5.95 Å². The molecule has 2 N–H and O–H groups in total. The SMILES string of the molecule is Cc1cn(C2CCCC2)c(N2CCC(N)C2)n1. The van der Waals surface area contributed by atoms with Crippen LogP contribution in [0.3, 0.4) is 0 Å². The van der Waals surface area contributed by atoms with Crippen molar-refractivity contribution in [2.75, 3.05) is 18.0 Å². The van der Waals surface area contributed by atoms with Crippen molar-refractivity contribution in [2.24, 2.45) is 5.73 Å². The third-order valence-corrected chi connectivity index (χ3v) is 4.06. The third-order valence-electron chi connectivity index (χ3n) is 4.06. The molecule has 2 aliphatic rings. The first-order chi connectivity index (χ1) is 8.24. The third kappa shape index (κ3) is 2.06. The molecule has 1 aliphatic heterocycles. The zero-order valence-electron chi connectivity index (χ0n) is 10.6. The largest absolute Gasteiger partial charge is 0.341 e. The molecule has 0 spiro atoms. The van der Waals surface area contributed by atoms with Crippen molar-refractivity contribution in [3.63, 3.8) is 0 Å². The number of nitrogens with zero attached hydrogens (tertiary/aromatic N) is 3. The Bertz CT molecular complexity index is 392. The van der Waals surface area contributed by atoms with Crippen LogP contribution in [-0.4, -0.2) is 28.7 Å². The molecule has 4 heteroatoms. The standard InChI is InChI=1S/C13H22N4/c1-10-8-17(12-4-2-3-5-12)13(15-10)16-7-6-11(14)9-16/h8,11-12H,2-7,9,14H2,1H3. The van der Waals surface area contributed by atoms with Crippen LogP contribution in [-0.2, 0) is 0 Å². The monoisotopic (exact) mass is 234 g/mol. The van der Waals surface area contributed by atoms with E-state index in [0.717, 1.165) is 31.2 Å². The molecule has 3 rings (SSSR count). The molecule has 4 nitrogen and oxygen atoms in total. The van der Waals surface area contributed by atoms with Crippen molar-refractivity contribution in [3.8, 4) is 0 Å². The van der Waals surface area contributed by atoms with Gasteiger partial charge in [0.05, 0.1) is 5.69 Å². The summed E-state index contributed by atoms with van der Waals surface area (Å²) in [6.45, 7) is 4.11. The second-order valence-electron chi connectivity index (χ2n) is 5.52. The lowest BCUT2D eigenvalue weighted by Crippen LogP contribution is -2.28. The van der Waals surface area contributed by atoms with Crippen LogP contribution in [0.2, 0.25) is 0 Å². The molecule has 1 aromatic heterocycles. The average molecular weight is 234 g/mol. The van der Waals surface area contributed by atoms with E-state index in [4.69, 9.17) is 10.7 Å². The molecule has 2 fully saturated rings. The molecule has 1 unspecified atom stereocenters. The topological polar surface area (TPSA) is 47.1 Å². The van der Waals surface area contributed by atoms with Crippen molar-refractivity contribution in [3.05, 3.63) is 11.9 Å². The van der Waals surface area contributed by atoms with Crippen LogP contribution in [0.5, 0.6) is 0 Å². The minimum absolute atomic E-state index is 0.323. The first-order valence-electron chi connectivity index (χ1n) is 6.80. The molecule has 0 amide bonds. The van der Waals surface area contributed by atoms with Crippen LogP contribution < -0.4 is 10.6 Å². The summed E-state index contributed by atoms with van der Waals surface area (Å²) in [7, 11) is 0. The Labute approximate surface area is 103 Å². The van der Waals surface area contributed by atoms with E-state index in [9.17, 15) is 0 Å². The van der Waals surface area contributed by atoms with Crippen LogP contribution >= 0.6 is 0 Å². The predicted octanol–water partition coefficient (Wildman–Crippen LogP) is 1.84. The van der Waals surface area contributed by atoms with Crippen LogP contribution in [0.15, 0.2) is 6.20 Å². The van der Waals surface area contributed by atoms with Crippen molar-refractivity contribution in [1.82, 2.24) is 9.55 Å². The number of hydrogen-bond acceptors (Lipinski definition) is 3. The molecular weight excluding hydrogens is 212 g/mol. The number of imidazole rings is 1. The van der Waals surface area contributed by atoms with Crippen LogP contribution in [0, 0.1) is 6.92 Å². The van der Waals surface area contributed by atoms with Gasteiger partial charge in [-0.05, 0) is 26.2 Å².